The van der Waals surface area contributed by atoms with Gasteiger partial charge in [-0.1, -0.05) is 29.3 Å². The number of nitrogens with zero attached hydrogens (tertiary/aromatic N) is 1. The second-order valence-electron chi connectivity index (χ2n) is 6.06. The summed E-state index contributed by atoms with van der Waals surface area (Å²) in [6.45, 7) is -1.19. The average Bonchev–Trinajstić information content (AvgIpc) is 2.69. The lowest BCUT2D eigenvalue weighted by atomic mass is 10.2. The number of pyridine rings is 1. The van der Waals surface area contributed by atoms with Crippen LogP contribution in [0.4, 0.5) is 8.78 Å². The summed E-state index contributed by atoms with van der Waals surface area (Å²) in [6, 6.07) is 9.26. The molecule has 0 radical (unpaired) electrons. The van der Waals surface area contributed by atoms with E-state index in [-0.39, 0.29) is 22.3 Å². The van der Waals surface area contributed by atoms with E-state index >= 15 is 0 Å². The smallest absolute Gasteiger partial charge is 0.387 e. The third-order valence-corrected chi connectivity index (χ3v) is 4.59. The molecule has 0 bridgehead atoms. The van der Waals surface area contributed by atoms with E-state index in [1.807, 2.05) is 0 Å². The Kier molecular flexibility index (Phi) is 6.74. The van der Waals surface area contributed by atoms with Crippen LogP contribution in [0.15, 0.2) is 42.5 Å². The molecule has 30 heavy (non-hydrogen) atoms. The maximum atomic E-state index is 12.4. The molecule has 0 aliphatic carbocycles. The van der Waals surface area contributed by atoms with E-state index in [1.165, 1.54) is 37.5 Å². The molecule has 0 saturated heterocycles. The summed E-state index contributed by atoms with van der Waals surface area (Å²) in [6.07, 6.45) is 2.59. The summed E-state index contributed by atoms with van der Waals surface area (Å²) in [5.74, 6) is -0.645. The molecule has 1 aromatic heterocycles. The number of alkyl halides is 2. The Hall–Kier alpha value is -2.90. The van der Waals surface area contributed by atoms with Crippen LogP contribution in [-0.2, 0) is 4.79 Å². The molecule has 1 heterocycles. The normalized spacial score (nSPS) is 11.3. The van der Waals surface area contributed by atoms with Crippen LogP contribution < -0.4 is 14.2 Å². The summed E-state index contributed by atoms with van der Waals surface area (Å²) < 4.78 is 39.6. The maximum absolute atomic E-state index is 12.4. The molecule has 0 atom stereocenters. The number of ether oxygens (including phenoxy) is 3. The lowest BCUT2D eigenvalue weighted by molar-refractivity contribution is -0.128. The second-order valence-corrected chi connectivity index (χ2v) is 6.88. The third-order valence-electron chi connectivity index (χ3n) is 4.00. The molecule has 0 fully saturated rings. The highest BCUT2D eigenvalue weighted by Crippen LogP contribution is 2.37. The van der Waals surface area contributed by atoms with Crippen molar-refractivity contribution in [2.45, 2.75) is 13.5 Å². The number of benzene rings is 2. The number of esters is 1. The number of halogens is 4. The SMILES string of the molecule is COc1cc(C=CC(=O)Oc2c(Cl)cc(Cl)c3ccc(C)nc23)ccc1OC(F)F. The second kappa shape index (κ2) is 9.28. The van der Waals surface area contributed by atoms with Gasteiger partial charge in [0.05, 0.1) is 17.2 Å². The summed E-state index contributed by atoms with van der Waals surface area (Å²) in [5, 5.41) is 1.12. The van der Waals surface area contributed by atoms with E-state index in [2.05, 4.69) is 9.72 Å². The molecule has 0 spiro atoms. The highest BCUT2D eigenvalue weighted by atomic mass is 35.5. The van der Waals surface area contributed by atoms with Crippen LogP contribution in [0, 0.1) is 6.92 Å². The van der Waals surface area contributed by atoms with Crippen molar-refractivity contribution in [2.24, 2.45) is 0 Å². The highest BCUT2D eigenvalue weighted by Gasteiger charge is 2.16. The molecular weight excluding hydrogens is 439 g/mol. The molecule has 0 saturated carbocycles. The Bertz CT molecular complexity index is 1140. The van der Waals surface area contributed by atoms with Gasteiger partial charge >= 0.3 is 12.6 Å². The number of carbonyl (C=O) groups is 1. The van der Waals surface area contributed by atoms with Crippen molar-refractivity contribution in [1.82, 2.24) is 4.98 Å². The van der Waals surface area contributed by atoms with E-state index in [1.54, 1.807) is 19.1 Å². The molecular formula is C21H15Cl2F2NO4. The van der Waals surface area contributed by atoms with Crippen LogP contribution in [0.3, 0.4) is 0 Å². The first kappa shape index (κ1) is 21.8. The van der Waals surface area contributed by atoms with Gasteiger partial charge in [-0.25, -0.2) is 9.78 Å². The maximum Gasteiger partial charge on any atom is 0.387 e. The van der Waals surface area contributed by atoms with Crippen molar-refractivity contribution in [3.63, 3.8) is 0 Å². The van der Waals surface area contributed by atoms with Crippen molar-refractivity contribution < 1.29 is 27.8 Å². The van der Waals surface area contributed by atoms with Gasteiger partial charge in [-0.2, -0.15) is 8.78 Å². The van der Waals surface area contributed by atoms with Crippen molar-refractivity contribution in [3.8, 4) is 17.2 Å². The molecule has 3 rings (SSSR count). The van der Waals surface area contributed by atoms with Crippen molar-refractivity contribution in [2.75, 3.05) is 7.11 Å². The zero-order chi connectivity index (χ0) is 21.8. The molecule has 0 aliphatic heterocycles. The largest absolute Gasteiger partial charge is 0.493 e. The molecule has 3 aromatic rings. The minimum Gasteiger partial charge on any atom is -0.493 e. The van der Waals surface area contributed by atoms with Gasteiger partial charge in [0.1, 0.15) is 5.52 Å². The quantitative estimate of drug-likeness (QED) is 0.257. The first-order valence-corrected chi connectivity index (χ1v) is 9.32. The van der Waals surface area contributed by atoms with E-state index in [0.717, 1.165) is 6.08 Å². The van der Waals surface area contributed by atoms with Crippen LogP contribution in [-0.4, -0.2) is 24.7 Å². The van der Waals surface area contributed by atoms with Gasteiger partial charge in [-0.3, -0.25) is 0 Å². The zero-order valence-electron chi connectivity index (χ0n) is 15.8. The Morgan fingerprint density at radius 1 is 1.10 bits per heavy atom. The Morgan fingerprint density at radius 2 is 1.87 bits per heavy atom. The molecule has 5 nitrogen and oxygen atoms in total. The summed E-state index contributed by atoms with van der Waals surface area (Å²) in [4.78, 5) is 16.7. The number of methoxy groups -OCH3 is 1. The fraction of sp³-hybridized carbons (Fsp3) is 0.143. The average molecular weight is 454 g/mol. The molecule has 0 N–H and O–H groups in total. The number of aryl methyl sites for hydroxylation is 1. The van der Waals surface area contributed by atoms with Crippen molar-refractivity contribution in [1.29, 1.82) is 0 Å². The summed E-state index contributed by atoms with van der Waals surface area (Å²) in [7, 11) is 1.32. The minimum absolute atomic E-state index is 0.0904. The monoisotopic (exact) mass is 453 g/mol. The summed E-state index contributed by atoms with van der Waals surface area (Å²) >= 11 is 12.4. The van der Waals surface area contributed by atoms with E-state index in [9.17, 15) is 13.6 Å². The van der Waals surface area contributed by atoms with Crippen molar-refractivity contribution >= 4 is 46.2 Å². The lowest BCUT2D eigenvalue weighted by Crippen LogP contribution is -2.06. The summed E-state index contributed by atoms with van der Waals surface area (Å²) in [5.41, 5.74) is 1.57. The number of hydrogen-bond acceptors (Lipinski definition) is 5. The van der Waals surface area contributed by atoms with Crippen LogP contribution in [0.5, 0.6) is 17.2 Å². The Morgan fingerprint density at radius 3 is 2.57 bits per heavy atom. The van der Waals surface area contributed by atoms with E-state index in [4.69, 9.17) is 32.7 Å². The van der Waals surface area contributed by atoms with E-state index in [0.29, 0.717) is 27.2 Å². The zero-order valence-corrected chi connectivity index (χ0v) is 17.3. The van der Waals surface area contributed by atoms with Gasteiger partial charge in [0.2, 0.25) is 0 Å². The van der Waals surface area contributed by atoms with E-state index < -0.39 is 12.6 Å². The van der Waals surface area contributed by atoms with Crippen LogP contribution >= 0.6 is 23.2 Å². The number of fused-ring (bicyclic) bond motifs is 1. The highest BCUT2D eigenvalue weighted by molar-refractivity contribution is 6.39. The van der Waals surface area contributed by atoms with Crippen LogP contribution in [0.2, 0.25) is 10.0 Å². The predicted molar refractivity (Wildman–Crippen MR) is 111 cm³/mol. The third kappa shape index (κ3) is 4.98. The molecule has 0 unspecified atom stereocenters. The Labute approximate surface area is 180 Å². The number of carbonyl (C=O) groups excluding carboxylic acids is 1. The predicted octanol–water partition coefficient (Wildman–Crippen LogP) is 6.08. The fourth-order valence-corrected chi connectivity index (χ4v) is 3.22. The van der Waals surface area contributed by atoms with Gasteiger partial charge in [0.25, 0.3) is 0 Å². The molecule has 0 aliphatic rings. The van der Waals surface area contributed by atoms with Gasteiger partial charge in [-0.15, -0.1) is 0 Å². The lowest BCUT2D eigenvalue weighted by Gasteiger charge is -2.10. The molecule has 9 heteroatoms. The fourth-order valence-electron chi connectivity index (χ4n) is 2.67. The molecule has 156 valence electrons. The van der Waals surface area contributed by atoms with Crippen LogP contribution in [0.1, 0.15) is 11.3 Å². The minimum atomic E-state index is -2.98. The number of rotatable bonds is 6. The first-order chi connectivity index (χ1) is 14.3. The Balaban J connectivity index is 1.84. The van der Waals surface area contributed by atoms with Gasteiger partial charge in [0.15, 0.2) is 17.2 Å². The molecule has 2 aromatic carbocycles. The number of aromatic nitrogens is 1. The standard InChI is InChI=1S/C21H15Cl2F2NO4/c1-11-3-6-13-14(22)10-15(23)20(19(13)26-11)30-18(27)8-5-12-4-7-16(29-21(24)25)17(9-12)28-2/h3-10,21H,1-2H3. The topological polar surface area (TPSA) is 57.7 Å². The first-order valence-electron chi connectivity index (χ1n) is 8.56. The molecule has 0 amide bonds. The van der Waals surface area contributed by atoms with Crippen molar-refractivity contribution in [3.05, 3.63) is 63.8 Å². The van der Waals surface area contributed by atoms with Gasteiger partial charge in [0, 0.05) is 17.2 Å². The van der Waals surface area contributed by atoms with Gasteiger partial charge in [-0.05, 0) is 48.9 Å². The number of hydrogen-bond donors (Lipinski definition) is 0. The van der Waals surface area contributed by atoms with Gasteiger partial charge < -0.3 is 14.2 Å². The van der Waals surface area contributed by atoms with Crippen LogP contribution in [0.25, 0.3) is 17.0 Å².